The maximum absolute atomic E-state index is 12.7. The van der Waals surface area contributed by atoms with Crippen molar-refractivity contribution in [2.75, 3.05) is 6.54 Å². The van der Waals surface area contributed by atoms with Gasteiger partial charge in [0.2, 0.25) is 5.88 Å². The number of carbonyl (C=O) groups excluding carboxylic acids is 1. The molecule has 7 heteroatoms. The fraction of sp³-hybridized carbons (Fsp3) is 0.300. The van der Waals surface area contributed by atoms with Crippen molar-refractivity contribution in [2.45, 2.75) is 51.9 Å². The highest BCUT2D eigenvalue weighted by atomic mass is 16.6. The second-order valence-electron chi connectivity index (χ2n) is 10.2. The van der Waals surface area contributed by atoms with Gasteiger partial charge in [0.1, 0.15) is 18.0 Å². The molecule has 0 unspecified atom stereocenters. The molecule has 37 heavy (non-hydrogen) atoms. The first-order chi connectivity index (χ1) is 17.9. The molecule has 0 bridgehead atoms. The molecule has 0 saturated carbocycles. The number of nitrogens with zero attached hydrogens (tertiary/aromatic N) is 3. The summed E-state index contributed by atoms with van der Waals surface area (Å²) >= 11 is 0. The van der Waals surface area contributed by atoms with Gasteiger partial charge in [-0.1, -0.05) is 54.6 Å². The molecule has 1 atom stereocenters. The third kappa shape index (κ3) is 6.00. The van der Waals surface area contributed by atoms with Gasteiger partial charge in [-0.3, -0.25) is 4.90 Å². The van der Waals surface area contributed by atoms with Crippen LogP contribution < -0.4 is 4.74 Å². The fourth-order valence-electron chi connectivity index (χ4n) is 4.48. The number of aromatic amines is 1. The molecule has 2 aromatic carbocycles. The average molecular weight is 497 g/mol. The van der Waals surface area contributed by atoms with Crippen molar-refractivity contribution in [2.24, 2.45) is 0 Å². The molecule has 4 aromatic rings. The predicted octanol–water partition coefficient (Wildman–Crippen LogP) is 6.79. The molecule has 7 nitrogen and oxygen atoms in total. The first-order valence-corrected chi connectivity index (χ1v) is 12.6. The summed E-state index contributed by atoms with van der Waals surface area (Å²) in [6.07, 6.45) is 5.10. The average Bonchev–Trinajstić information content (AvgIpc) is 3.58. The number of likely N-dealkylation sites (tertiary alicyclic amines) is 1. The van der Waals surface area contributed by atoms with E-state index >= 15 is 0 Å². The molecule has 1 aliphatic heterocycles. The van der Waals surface area contributed by atoms with Gasteiger partial charge in [-0.15, -0.1) is 0 Å². The fourth-order valence-corrected chi connectivity index (χ4v) is 4.48. The minimum atomic E-state index is -0.524. The van der Waals surface area contributed by atoms with E-state index in [4.69, 9.17) is 9.47 Å². The minimum absolute atomic E-state index is 0.103. The van der Waals surface area contributed by atoms with Gasteiger partial charge in [0.05, 0.1) is 17.9 Å². The maximum atomic E-state index is 12.7. The number of pyridine rings is 1. The molecule has 3 heterocycles. The number of imidazole rings is 1. The van der Waals surface area contributed by atoms with Crippen molar-refractivity contribution in [1.82, 2.24) is 19.9 Å². The highest BCUT2D eigenvalue weighted by Crippen LogP contribution is 2.33. The smallest absolute Gasteiger partial charge is 0.410 e. The highest BCUT2D eigenvalue weighted by molar-refractivity contribution is 5.70. The molecule has 1 N–H and O–H groups in total. The van der Waals surface area contributed by atoms with Gasteiger partial charge in [0.15, 0.2) is 0 Å². The number of benzene rings is 2. The van der Waals surface area contributed by atoms with Crippen LogP contribution in [0.15, 0.2) is 79.1 Å². The van der Waals surface area contributed by atoms with E-state index in [9.17, 15) is 4.79 Å². The Morgan fingerprint density at radius 3 is 2.51 bits per heavy atom. The summed E-state index contributed by atoms with van der Waals surface area (Å²) in [5.74, 6) is 1.38. The normalized spacial score (nSPS) is 15.5. The Kier molecular flexibility index (Phi) is 6.95. The summed E-state index contributed by atoms with van der Waals surface area (Å²) in [5, 5.41) is 0. The number of H-pyrrole nitrogens is 1. The van der Waals surface area contributed by atoms with Crippen LogP contribution in [0.25, 0.3) is 22.4 Å². The maximum Gasteiger partial charge on any atom is 0.410 e. The predicted molar refractivity (Wildman–Crippen MR) is 143 cm³/mol. The van der Waals surface area contributed by atoms with Crippen LogP contribution in [0.4, 0.5) is 4.79 Å². The standard InChI is InChI=1S/C30H32N4O3/c1-30(2,3)37-29(35)34-17-7-10-26(34)28-32-19-25(33-28)23-13-11-22(12-14-23)24-15-16-31-27(18-24)36-20-21-8-5-4-6-9-21/h4-6,8-9,11-16,18-19,26H,7,10,17,20H2,1-3H3,(H,32,33)/t26-/m0/s1. The lowest BCUT2D eigenvalue weighted by Gasteiger charge is -2.27. The molecule has 1 aliphatic rings. The molecule has 1 saturated heterocycles. The Morgan fingerprint density at radius 2 is 1.76 bits per heavy atom. The first-order valence-electron chi connectivity index (χ1n) is 12.6. The summed E-state index contributed by atoms with van der Waals surface area (Å²) in [6.45, 7) is 6.80. The van der Waals surface area contributed by atoms with E-state index < -0.39 is 5.60 Å². The zero-order valence-corrected chi connectivity index (χ0v) is 21.5. The molecule has 5 rings (SSSR count). The summed E-state index contributed by atoms with van der Waals surface area (Å²) in [5.41, 5.74) is 4.63. The van der Waals surface area contributed by atoms with Gasteiger partial charge in [-0.25, -0.2) is 14.8 Å². The third-order valence-corrected chi connectivity index (χ3v) is 6.29. The van der Waals surface area contributed by atoms with Crippen LogP contribution in [0.1, 0.15) is 51.0 Å². The second-order valence-corrected chi connectivity index (χ2v) is 10.2. The number of ether oxygens (including phenoxy) is 2. The molecular weight excluding hydrogens is 464 g/mol. The lowest BCUT2D eigenvalue weighted by atomic mass is 10.0. The number of nitrogens with one attached hydrogen (secondary N) is 1. The monoisotopic (exact) mass is 496 g/mol. The van der Waals surface area contributed by atoms with Crippen LogP contribution >= 0.6 is 0 Å². The van der Waals surface area contributed by atoms with Gasteiger partial charge in [-0.2, -0.15) is 0 Å². The molecule has 190 valence electrons. The molecule has 0 aliphatic carbocycles. The van der Waals surface area contributed by atoms with Gasteiger partial charge in [-0.05, 0) is 61.9 Å². The van der Waals surface area contributed by atoms with E-state index in [0.717, 1.165) is 46.6 Å². The largest absolute Gasteiger partial charge is 0.473 e. The molecule has 0 radical (unpaired) electrons. The second kappa shape index (κ2) is 10.5. The molecule has 0 spiro atoms. The van der Waals surface area contributed by atoms with E-state index in [2.05, 4.69) is 39.2 Å². The molecular formula is C30H32N4O3. The Bertz CT molecular complexity index is 1340. The lowest BCUT2D eigenvalue weighted by molar-refractivity contribution is 0.0218. The number of carbonyl (C=O) groups is 1. The Hall–Kier alpha value is -4.13. The highest BCUT2D eigenvalue weighted by Gasteiger charge is 2.34. The Balaban J connectivity index is 1.27. The van der Waals surface area contributed by atoms with Gasteiger partial charge in [0.25, 0.3) is 0 Å². The van der Waals surface area contributed by atoms with Gasteiger partial charge >= 0.3 is 6.09 Å². The van der Waals surface area contributed by atoms with Crippen LogP contribution in [0.5, 0.6) is 5.88 Å². The minimum Gasteiger partial charge on any atom is -0.473 e. The number of hydrogen-bond donors (Lipinski definition) is 1. The number of aromatic nitrogens is 3. The summed E-state index contributed by atoms with van der Waals surface area (Å²) in [6, 6.07) is 22.2. The molecule has 2 aromatic heterocycles. The van der Waals surface area contributed by atoms with Crippen LogP contribution in [0.3, 0.4) is 0 Å². The number of hydrogen-bond acceptors (Lipinski definition) is 5. The third-order valence-electron chi connectivity index (χ3n) is 6.29. The molecule has 1 fully saturated rings. The van der Waals surface area contributed by atoms with Gasteiger partial charge in [0, 0.05) is 18.8 Å². The van der Waals surface area contributed by atoms with Crippen molar-refractivity contribution in [3.63, 3.8) is 0 Å². The topological polar surface area (TPSA) is 80.3 Å². The van der Waals surface area contributed by atoms with Crippen molar-refractivity contribution in [1.29, 1.82) is 0 Å². The zero-order chi connectivity index (χ0) is 25.8. The van der Waals surface area contributed by atoms with E-state index in [1.54, 1.807) is 11.1 Å². The van der Waals surface area contributed by atoms with Crippen molar-refractivity contribution in [3.05, 3.63) is 90.5 Å². The number of amides is 1. The Labute approximate surface area is 217 Å². The van der Waals surface area contributed by atoms with Crippen LogP contribution in [-0.4, -0.2) is 38.1 Å². The van der Waals surface area contributed by atoms with Crippen LogP contribution in [0.2, 0.25) is 0 Å². The molecule has 1 amide bonds. The van der Waals surface area contributed by atoms with Crippen molar-refractivity contribution < 1.29 is 14.3 Å². The summed E-state index contributed by atoms with van der Waals surface area (Å²) in [4.78, 5) is 26.8. The zero-order valence-electron chi connectivity index (χ0n) is 21.5. The van der Waals surface area contributed by atoms with E-state index in [1.165, 1.54) is 0 Å². The van der Waals surface area contributed by atoms with Gasteiger partial charge < -0.3 is 14.5 Å². The quantitative estimate of drug-likeness (QED) is 0.318. The van der Waals surface area contributed by atoms with Crippen molar-refractivity contribution in [3.8, 4) is 28.3 Å². The van der Waals surface area contributed by atoms with E-state index in [-0.39, 0.29) is 12.1 Å². The SMILES string of the molecule is CC(C)(C)OC(=O)N1CCC[C@H]1c1ncc(-c2ccc(-c3ccnc(OCc4ccccc4)c3)cc2)[nH]1. The van der Waals surface area contributed by atoms with E-state index in [1.807, 2.05) is 69.4 Å². The number of rotatable bonds is 6. The van der Waals surface area contributed by atoms with Crippen LogP contribution in [0, 0.1) is 0 Å². The Morgan fingerprint density at radius 1 is 1.00 bits per heavy atom. The van der Waals surface area contributed by atoms with Crippen molar-refractivity contribution >= 4 is 6.09 Å². The lowest BCUT2D eigenvalue weighted by Crippen LogP contribution is -2.36. The summed E-state index contributed by atoms with van der Waals surface area (Å²) < 4.78 is 11.5. The first kappa shape index (κ1) is 24.6. The van der Waals surface area contributed by atoms with Crippen LogP contribution in [-0.2, 0) is 11.3 Å². The summed E-state index contributed by atoms with van der Waals surface area (Å²) in [7, 11) is 0. The van der Waals surface area contributed by atoms with E-state index in [0.29, 0.717) is 19.0 Å².